The van der Waals surface area contributed by atoms with Crippen LogP contribution in [0, 0.1) is 0 Å². The molecule has 0 saturated carbocycles. The minimum atomic E-state index is -3.32. The zero-order valence-corrected chi connectivity index (χ0v) is 13.4. The van der Waals surface area contributed by atoms with Gasteiger partial charge >= 0.3 is 0 Å². The zero-order valence-electron chi connectivity index (χ0n) is 12.6. The number of nitrogens with one attached hydrogen (secondary N) is 1. The van der Waals surface area contributed by atoms with Gasteiger partial charge in [-0.3, -0.25) is 4.90 Å². The van der Waals surface area contributed by atoms with Crippen LogP contribution in [-0.4, -0.2) is 39.0 Å². The Morgan fingerprint density at radius 2 is 1.86 bits per heavy atom. The second kappa shape index (κ2) is 7.35. The molecule has 1 heterocycles. The molecular formula is C15H25N3O2S. The molecule has 1 fully saturated rings. The second-order valence-corrected chi connectivity index (χ2v) is 7.48. The predicted molar refractivity (Wildman–Crippen MR) is 85.2 cm³/mol. The minimum Gasteiger partial charge on any atom is -0.326 e. The van der Waals surface area contributed by atoms with E-state index in [2.05, 4.69) is 16.5 Å². The number of benzene rings is 1. The summed E-state index contributed by atoms with van der Waals surface area (Å²) in [5, 5.41) is 0. The molecule has 0 spiro atoms. The Balaban J connectivity index is 1.92. The molecule has 1 aliphatic rings. The Bertz CT molecular complexity index is 554. The minimum absolute atomic E-state index is 0.00685. The molecular weight excluding hydrogens is 286 g/mol. The van der Waals surface area contributed by atoms with Crippen molar-refractivity contribution in [2.75, 3.05) is 19.6 Å². The van der Waals surface area contributed by atoms with Gasteiger partial charge in [0.1, 0.15) is 0 Å². The largest absolute Gasteiger partial charge is 0.326 e. The van der Waals surface area contributed by atoms with Gasteiger partial charge in [-0.15, -0.1) is 0 Å². The molecule has 1 saturated heterocycles. The van der Waals surface area contributed by atoms with Gasteiger partial charge in [-0.25, -0.2) is 13.1 Å². The Morgan fingerprint density at radius 1 is 1.24 bits per heavy atom. The molecule has 0 aromatic heterocycles. The van der Waals surface area contributed by atoms with E-state index in [0.29, 0.717) is 13.1 Å². The third-order valence-electron chi connectivity index (χ3n) is 4.05. The van der Waals surface area contributed by atoms with Crippen LogP contribution in [-0.2, 0) is 22.3 Å². The van der Waals surface area contributed by atoms with E-state index in [0.717, 1.165) is 24.2 Å². The van der Waals surface area contributed by atoms with Gasteiger partial charge in [0.15, 0.2) is 0 Å². The standard InChI is InChI=1S/C15H25N3O2S/c1-13(18-8-4-5-9-18)11-17-21(19,20)12-15-7-3-2-6-14(15)10-16/h2-3,6-7,13,17H,4-5,8-12,16H2,1H3. The molecule has 0 aliphatic carbocycles. The first-order chi connectivity index (χ1) is 10.0. The lowest BCUT2D eigenvalue weighted by Crippen LogP contribution is -2.41. The Kier molecular flexibility index (Phi) is 5.75. The normalized spacial score (nSPS) is 18.0. The van der Waals surface area contributed by atoms with E-state index in [-0.39, 0.29) is 11.8 Å². The van der Waals surface area contributed by atoms with Gasteiger partial charge in [0, 0.05) is 19.1 Å². The number of hydrogen-bond acceptors (Lipinski definition) is 4. The first kappa shape index (κ1) is 16.4. The molecule has 6 heteroatoms. The van der Waals surface area contributed by atoms with E-state index in [1.165, 1.54) is 12.8 Å². The maximum absolute atomic E-state index is 12.2. The van der Waals surface area contributed by atoms with E-state index in [1.54, 1.807) is 0 Å². The number of nitrogens with zero attached hydrogens (tertiary/aromatic N) is 1. The zero-order chi connectivity index (χ0) is 15.3. The number of likely N-dealkylation sites (tertiary alicyclic amines) is 1. The molecule has 1 atom stereocenters. The SMILES string of the molecule is CC(CNS(=O)(=O)Cc1ccccc1CN)N1CCCC1. The number of rotatable bonds is 7. The van der Waals surface area contributed by atoms with Crippen molar-refractivity contribution in [2.45, 2.75) is 38.1 Å². The van der Waals surface area contributed by atoms with Crippen molar-refractivity contribution in [1.29, 1.82) is 0 Å². The summed E-state index contributed by atoms with van der Waals surface area (Å²) in [6, 6.07) is 7.66. The Labute approximate surface area is 127 Å². The summed E-state index contributed by atoms with van der Waals surface area (Å²) in [6.45, 7) is 5.03. The molecule has 21 heavy (non-hydrogen) atoms. The van der Waals surface area contributed by atoms with Crippen LogP contribution in [0.4, 0.5) is 0 Å². The molecule has 3 N–H and O–H groups in total. The highest BCUT2D eigenvalue weighted by Crippen LogP contribution is 2.13. The summed E-state index contributed by atoms with van der Waals surface area (Å²) in [7, 11) is -3.32. The van der Waals surface area contributed by atoms with Gasteiger partial charge < -0.3 is 5.73 Å². The molecule has 0 bridgehead atoms. The quantitative estimate of drug-likeness (QED) is 0.789. The van der Waals surface area contributed by atoms with Crippen molar-refractivity contribution in [3.05, 3.63) is 35.4 Å². The summed E-state index contributed by atoms with van der Waals surface area (Å²) >= 11 is 0. The first-order valence-electron chi connectivity index (χ1n) is 7.50. The van der Waals surface area contributed by atoms with Crippen LogP contribution >= 0.6 is 0 Å². The van der Waals surface area contributed by atoms with Crippen molar-refractivity contribution in [3.63, 3.8) is 0 Å². The lowest BCUT2D eigenvalue weighted by molar-refractivity contribution is 0.260. The fourth-order valence-corrected chi connectivity index (χ4v) is 4.00. The third-order valence-corrected chi connectivity index (χ3v) is 5.34. The number of nitrogens with two attached hydrogens (primary N) is 1. The number of sulfonamides is 1. The van der Waals surface area contributed by atoms with E-state index in [4.69, 9.17) is 5.73 Å². The summed E-state index contributed by atoms with van der Waals surface area (Å²) in [6.07, 6.45) is 2.42. The Morgan fingerprint density at radius 3 is 2.48 bits per heavy atom. The highest BCUT2D eigenvalue weighted by molar-refractivity contribution is 7.88. The lowest BCUT2D eigenvalue weighted by atomic mass is 10.1. The smallest absolute Gasteiger partial charge is 0.215 e. The topological polar surface area (TPSA) is 75.4 Å². The summed E-state index contributed by atoms with van der Waals surface area (Å²) in [5.74, 6) is -0.00685. The average molecular weight is 311 g/mol. The maximum atomic E-state index is 12.2. The first-order valence-corrected chi connectivity index (χ1v) is 9.15. The van der Waals surface area contributed by atoms with Gasteiger partial charge in [0.2, 0.25) is 10.0 Å². The van der Waals surface area contributed by atoms with Crippen LogP contribution < -0.4 is 10.5 Å². The molecule has 0 amide bonds. The molecule has 2 rings (SSSR count). The van der Waals surface area contributed by atoms with Gasteiger partial charge in [0.05, 0.1) is 5.75 Å². The molecule has 1 unspecified atom stereocenters. The molecule has 1 aliphatic heterocycles. The van der Waals surface area contributed by atoms with Gasteiger partial charge in [0.25, 0.3) is 0 Å². The van der Waals surface area contributed by atoms with E-state index in [9.17, 15) is 8.42 Å². The van der Waals surface area contributed by atoms with Gasteiger partial charge in [-0.2, -0.15) is 0 Å². The van der Waals surface area contributed by atoms with Gasteiger partial charge in [-0.1, -0.05) is 24.3 Å². The second-order valence-electron chi connectivity index (χ2n) is 5.67. The van der Waals surface area contributed by atoms with E-state index >= 15 is 0 Å². The van der Waals surface area contributed by atoms with Crippen LogP contribution in [0.2, 0.25) is 0 Å². The fourth-order valence-electron chi connectivity index (χ4n) is 2.71. The van der Waals surface area contributed by atoms with Gasteiger partial charge in [-0.05, 0) is 44.0 Å². The van der Waals surface area contributed by atoms with Crippen molar-refractivity contribution < 1.29 is 8.42 Å². The molecule has 118 valence electrons. The summed E-state index contributed by atoms with van der Waals surface area (Å²) in [5.41, 5.74) is 7.32. The molecule has 0 radical (unpaired) electrons. The average Bonchev–Trinajstić information content (AvgIpc) is 2.99. The van der Waals surface area contributed by atoms with Crippen LogP contribution in [0.25, 0.3) is 0 Å². The van der Waals surface area contributed by atoms with Crippen molar-refractivity contribution in [2.24, 2.45) is 5.73 Å². The maximum Gasteiger partial charge on any atom is 0.215 e. The highest BCUT2D eigenvalue weighted by atomic mass is 32.2. The van der Waals surface area contributed by atoms with Crippen LogP contribution in [0.15, 0.2) is 24.3 Å². The molecule has 5 nitrogen and oxygen atoms in total. The summed E-state index contributed by atoms with van der Waals surface area (Å²) in [4.78, 5) is 2.33. The number of hydrogen-bond donors (Lipinski definition) is 2. The molecule has 1 aromatic rings. The van der Waals surface area contributed by atoms with Crippen LogP contribution in [0.3, 0.4) is 0 Å². The monoisotopic (exact) mass is 311 g/mol. The summed E-state index contributed by atoms with van der Waals surface area (Å²) < 4.78 is 27.2. The Hall–Kier alpha value is -0.950. The fraction of sp³-hybridized carbons (Fsp3) is 0.600. The highest BCUT2D eigenvalue weighted by Gasteiger charge is 2.20. The molecule has 1 aromatic carbocycles. The van der Waals surface area contributed by atoms with E-state index in [1.807, 2.05) is 24.3 Å². The van der Waals surface area contributed by atoms with E-state index < -0.39 is 10.0 Å². The van der Waals surface area contributed by atoms with Crippen molar-refractivity contribution in [3.8, 4) is 0 Å². The third kappa shape index (κ3) is 4.78. The van der Waals surface area contributed by atoms with Crippen molar-refractivity contribution in [1.82, 2.24) is 9.62 Å². The van der Waals surface area contributed by atoms with Crippen LogP contribution in [0.5, 0.6) is 0 Å². The lowest BCUT2D eigenvalue weighted by Gasteiger charge is -2.23. The van der Waals surface area contributed by atoms with Crippen molar-refractivity contribution >= 4 is 10.0 Å². The van der Waals surface area contributed by atoms with Crippen LogP contribution in [0.1, 0.15) is 30.9 Å². The predicted octanol–water partition coefficient (Wildman–Crippen LogP) is 1.05.